The summed E-state index contributed by atoms with van der Waals surface area (Å²) < 4.78 is 2.34. The number of unbranched alkanes of at least 4 members (excludes halogenated alkanes) is 3. The summed E-state index contributed by atoms with van der Waals surface area (Å²) in [6.45, 7) is 6.25. The van der Waals surface area contributed by atoms with E-state index < -0.39 is 0 Å². The number of nitrogens with zero attached hydrogens (tertiary/aromatic N) is 3. The molecule has 0 atom stereocenters. The normalized spacial score (nSPS) is 11.4. The van der Waals surface area contributed by atoms with Crippen molar-refractivity contribution in [3.63, 3.8) is 0 Å². The number of rotatable bonds is 10. The van der Waals surface area contributed by atoms with Crippen molar-refractivity contribution in [1.82, 2.24) is 14.5 Å². The lowest BCUT2D eigenvalue weighted by Gasteiger charge is -2.12. The second kappa shape index (κ2) is 9.82. The molecule has 4 aromatic rings. The van der Waals surface area contributed by atoms with Gasteiger partial charge in [-0.25, -0.2) is 9.97 Å². The van der Waals surface area contributed by atoms with Gasteiger partial charge >= 0.3 is 0 Å². The summed E-state index contributed by atoms with van der Waals surface area (Å²) in [4.78, 5) is 9.53. The highest BCUT2D eigenvalue weighted by molar-refractivity contribution is 6.06. The van der Waals surface area contributed by atoms with Crippen molar-refractivity contribution in [3.05, 3.63) is 59.9 Å². The predicted octanol–water partition coefficient (Wildman–Crippen LogP) is 6.16. The Hall–Kier alpha value is -3.08. The second-order valence-corrected chi connectivity index (χ2v) is 8.26. The zero-order chi connectivity index (χ0) is 21.6. The van der Waals surface area contributed by atoms with E-state index in [2.05, 4.69) is 65.1 Å². The standard InChI is InChI=1S/C26H33N5/c1-3-5-9-17-28-20-15-13-19(14-16-20)18-31-23(12-6-4-2)30-24-25(31)21-10-7-8-11-22(21)29-26(24)27/h7-8,10-11,13-16,28H,3-6,9,12,17-18H2,1-2H3,(H2,27,29). The van der Waals surface area contributed by atoms with E-state index in [0.717, 1.165) is 60.1 Å². The lowest BCUT2D eigenvalue weighted by Crippen LogP contribution is -2.06. The Bertz CT molecular complexity index is 1140. The van der Waals surface area contributed by atoms with Crippen LogP contribution in [0.3, 0.4) is 0 Å². The highest BCUT2D eigenvalue weighted by Crippen LogP contribution is 2.30. The van der Waals surface area contributed by atoms with E-state index in [0.29, 0.717) is 5.82 Å². The van der Waals surface area contributed by atoms with E-state index in [1.54, 1.807) is 0 Å². The maximum atomic E-state index is 6.32. The number of aryl methyl sites for hydroxylation is 1. The Morgan fingerprint density at radius 3 is 2.45 bits per heavy atom. The molecule has 0 radical (unpaired) electrons. The lowest BCUT2D eigenvalue weighted by molar-refractivity contribution is 0.690. The van der Waals surface area contributed by atoms with Gasteiger partial charge in [0.05, 0.1) is 11.0 Å². The molecule has 2 aromatic heterocycles. The minimum absolute atomic E-state index is 0.511. The zero-order valence-corrected chi connectivity index (χ0v) is 18.7. The molecule has 0 fully saturated rings. The van der Waals surface area contributed by atoms with Crippen molar-refractivity contribution in [2.24, 2.45) is 0 Å². The van der Waals surface area contributed by atoms with Crippen LogP contribution in [-0.2, 0) is 13.0 Å². The number of aromatic nitrogens is 3. The first-order chi connectivity index (χ1) is 15.2. The molecule has 162 valence electrons. The summed E-state index contributed by atoms with van der Waals surface area (Å²) in [5.41, 5.74) is 11.6. The summed E-state index contributed by atoms with van der Waals surface area (Å²) in [6, 6.07) is 17.0. The Morgan fingerprint density at radius 1 is 0.903 bits per heavy atom. The van der Waals surface area contributed by atoms with Gasteiger partial charge in [0, 0.05) is 30.6 Å². The van der Waals surface area contributed by atoms with Gasteiger partial charge in [-0.2, -0.15) is 0 Å². The largest absolute Gasteiger partial charge is 0.385 e. The Kier molecular flexibility index (Phi) is 6.70. The summed E-state index contributed by atoms with van der Waals surface area (Å²) in [5.74, 6) is 1.60. The van der Waals surface area contributed by atoms with Crippen LogP contribution in [0.15, 0.2) is 48.5 Å². The van der Waals surface area contributed by atoms with Crippen LogP contribution in [0, 0.1) is 0 Å². The number of nitrogens with one attached hydrogen (secondary N) is 1. The maximum absolute atomic E-state index is 6.32. The predicted molar refractivity (Wildman–Crippen MR) is 132 cm³/mol. The number of para-hydroxylation sites is 1. The van der Waals surface area contributed by atoms with Gasteiger partial charge in [-0.05, 0) is 36.6 Å². The number of anilines is 2. The molecular formula is C26H33N5. The quantitative estimate of drug-likeness (QED) is 0.304. The minimum Gasteiger partial charge on any atom is -0.385 e. The van der Waals surface area contributed by atoms with Crippen LogP contribution in [0.1, 0.15) is 57.3 Å². The SMILES string of the molecule is CCCCCNc1ccc(Cn2c(CCCC)nc3c(N)nc4ccccc4c32)cc1. The van der Waals surface area contributed by atoms with E-state index >= 15 is 0 Å². The third-order valence-electron chi connectivity index (χ3n) is 5.85. The van der Waals surface area contributed by atoms with E-state index in [9.17, 15) is 0 Å². The van der Waals surface area contributed by atoms with Crippen LogP contribution < -0.4 is 11.1 Å². The molecule has 0 saturated carbocycles. The molecule has 5 nitrogen and oxygen atoms in total. The molecule has 0 aliphatic rings. The fraction of sp³-hybridized carbons (Fsp3) is 0.385. The number of pyridine rings is 1. The van der Waals surface area contributed by atoms with E-state index in [4.69, 9.17) is 10.7 Å². The number of imidazole rings is 1. The van der Waals surface area contributed by atoms with E-state index in [1.807, 2.05) is 12.1 Å². The summed E-state index contributed by atoms with van der Waals surface area (Å²) >= 11 is 0. The van der Waals surface area contributed by atoms with E-state index in [1.165, 1.54) is 30.5 Å². The Morgan fingerprint density at radius 2 is 1.68 bits per heavy atom. The first-order valence-corrected chi connectivity index (χ1v) is 11.6. The lowest BCUT2D eigenvalue weighted by atomic mass is 10.1. The second-order valence-electron chi connectivity index (χ2n) is 8.26. The summed E-state index contributed by atoms with van der Waals surface area (Å²) in [6.07, 6.45) is 6.91. The zero-order valence-electron chi connectivity index (χ0n) is 18.7. The number of fused-ring (bicyclic) bond motifs is 3. The highest BCUT2D eigenvalue weighted by Gasteiger charge is 2.17. The van der Waals surface area contributed by atoms with Crippen molar-refractivity contribution < 1.29 is 0 Å². The van der Waals surface area contributed by atoms with Crippen LogP contribution in [0.4, 0.5) is 11.5 Å². The van der Waals surface area contributed by atoms with Crippen LogP contribution >= 0.6 is 0 Å². The highest BCUT2D eigenvalue weighted by atomic mass is 15.1. The molecule has 0 saturated heterocycles. The molecule has 2 heterocycles. The molecule has 2 aromatic carbocycles. The average Bonchev–Trinajstić information content (AvgIpc) is 3.15. The molecule has 0 aliphatic carbocycles. The van der Waals surface area contributed by atoms with Crippen LogP contribution in [0.5, 0.6) is 0 Å². The molecule has 0 unspecified atom stereocenters. The van der Waals surface area contributed by atoms with Gasteiger partial charge in [-0.3, -0.25) is 0 Å². The first kappa shape index (κ1) is 21.2. The van der Waals surface area contributed by atoms with Crippen molar-refractivity contribution in [1.29, 1.82) is 0 Å². The Balaban J connectivity index is 1.68. The van der Waals surface area contributed by atoms with Gasteiger partial charge < -0.3 is 15.6 Å². The average molecular weight is 416 g/mol. The molecule has 0 amide bonds. The van der Waals surface area contributed by atoms with Crippen LogP contribution in [0.2, 0.25) is 0 Å². The fourth-order valence-corrected chi connectivity index (χ4v) is 4.12. The maximum Gasteiger partial charge on any atom is 0.152 e. The molecular weight excluding hydrogens is 382 g/mol. The van der Waals surface area contributed by atoms with Gasteiger partial charge in [-0.15, -0.1) is 0 Å². The monoisotopic (exact) mass is 415 g/mol. The Labute approximate surface area is 184 Å². The number of nitrogen functional groups attached to an aromatic ring is 1. The van der Waals surface area contributed by atoms with Gasteiger partial charge in [0.2, 0.25) is 0 Å². The summed E-state index contributed by atoms with van der Waals surface area (Å²) in [7, 11) is 0. The van der Waals surface area contributed by atoms with Crippen LogP contribution in [-0.4, -0.2) is 21.1 Å². The number of hydrogen-bond donors (Lipinski definition) is 2. The third kappa shape index (κ3) is 4.66. The molecule has 4 rings (SSSR count). The fourth-order valence-electron chi connectivity index (χ4n) is 4.12. The molecule has 3 N–H and O–H groups in total. The minimum atomic E-state index is 0.511. The van der Waals surface area contributed by atoms with Gasteiger partial charge in [0.1, 0.15) is 11.3 Å². The topological polar surface area (TPSA) is 68.8 Å². The summed E-state index contributed by atoms with van der Waals surface area (Å²) in [5, 5.41) is 4.63. The van der Waals surface area contributed by atoms with Gasteiger partial charge in [0.15, 0.2) is 5.82 Å². The van der Waals surface area contributed by atoms with Crippen LogP contribution in [0.25, 0.3) is 21.9 Å². The van der Waals surface area contributed by atoms with Gasteiger partial charge in [0.25, 0.3) is 0 Å². The van der Waals surface area contributed by atoms with Crippen molar-refractivity contribution >= 4 is 33.4 Å². The number of nitrogens with two attached hydrogens (primary N) is 1. The molecule has 0 bridgehead atoms. The third-order valence-corrected chi connectivity index (χ3v) is 5.85. The van der Waals surface area contributed by atoms with Gasteiger partial charge in [-0.1, -0.05) is 63.4 Å². The molecule has 31 heavy (non-hydrogen) atoms. The van der Waals surface area contributed by atoms with Crippen molar-refractivity contribution in [3.8, 4) is 0 Å². The molecule has 5 heteroatoms. The van der Waals surface area contributed by atoms with Crippen molar-refractivity contribution in [2.45, 2.75) is 58.9 Å². The smallest absolute Gasteiger partial charge is 0.152 e. The molecule has 0 aliphatic heterocycles. The number of hydrogen-bond acceptors (Lipinski definition) is 4. The van der Waals surface area contributed by atoms with Crippen molar-refractivity contribution in [2.75, 3.05) is 17.6 Å². The van der Waals surface area contributed by atoms with E-state index in [-0.39, 0.29) is 0 Å². The molecule has 0 spiro atoms. The first-order valence-electron chi connectivity index (χ1n) is 11.6. The number of benzene rings is 2.